The lowest BCUT2D eigenvalue weighted by molar-refractivity contribution is -0.318. The second-order valence-electron chi connectivity index (χ2n) is 7.33. The van der Waals surface area contributed by atoms with Crippen molar-refractivity contribution in [3.05, 3.63) is 48.6 Å². The van der Waals surface area contributed by atoms with Crippen LogP contribution >= 0.6 is 0 Å². The normalized spacial score (nSPS) is 25.9. The summed E-state index contributed by atoms with van der Waals surface area (Å²) in [6.45, 7) is 9.08. The van der Waals surface area contributed by atoms with E-state index < -0.39 is 54.7 Å². The molecule has 176 valence electrons. The molecule has 0 spiro atoms. The highest BCUT2D eigenvalue weighted by Crippen LogP contribution is 2.31. The fourth-order valence-corrected chi connectivity index (χ4v) is 3.20. The predicted molar refractivity (Wildman–Crippen MR) is 112 cm³/mol. The maximum Gasteiger partial charge on any atom is 0.303 e. The first kappa shape index (κ1) is 25.5. The van der Waals surface area contributed by atoms with Gasteiger partial charge in [0.15, 0.2) is 18.5 Å². The Morgan fingerprint density at radius 3 is 2.19 bits per heavy atom. The Kier molecular flexibility index (Phi) is 9.83. The monoisotopic (exact) mass is 450 g/mol. The highest BCUT2D eigenvalue weighted by atomic mass is 16.7. The lowest BCUT2D eigenvalue weighted by atomic mass is 9.98. The largest absolute Gasteiger partial charge is 0.463 e. The highest BCUT2D eigenvalue weighted by molar-refractivity contribution is 5.67. The van der Waals surface area contributed by atoms with Crippen molar-refractivity contribution < 1.29 is 42.8 Å². The van der Waals surface area contributed by atoms with Crippen molar-refractivity contribution in [2.45, 2.75) is 71.1 Å². The van der Waals surface area contributed by atoms with Gasteiger partial charge in [0.05, 0.1) is 12.7 Å². The van der Waals surface area contributed by atoms with Crippen molar-refractivity contribution in [3.63, 3.8) is 0 Å². The molecule has 1 aromatic carbocycles. The van der Waals surface area contributed by atoms with E-state index in [2.05, 4.69) is 6.58 Å². The molecular weight excluding hydrogens is 420 g/mol. The van der Waals surface area contributed by atoms with Gasteiger partial charge in [0.1, 0.15) is 18.8 Å². The van der Waals surface area contributed by atoms with Gasteiger partial charge in [-0.05, 0) is 12.5 Å². The quantitative estimate of drug-likeness (QED) is 0.301. The Morgan fingerprint density at radius 1 is 1.00 bits per heavy atom. The number of carbonyl (C=O) groups is 3. The predicted octanol–water partition coefficient (Wildman–Crippen LogP) is 2.31. The van der Waals surface area contributed by atoms with Crippen molar-refractivity contribution in [1.29, 1.82) is 0 Å². The van der Waals surface area contributed by atoms with Crippen LogP contribution in [0.15, 0.2) is 43.0 Å². The molecule has 0 amide bonds. The summed E-state index contributed by atoms with van der Waals surface area (Å²) in [5.74, 6) is -1.72. The second-order valence-corrected chi connectivity index (χ2v) is 7.33. The van der Waals surface area contributed by atoms with Crippen molar-refractivity contribution >= 4 is 17.9 Å². The molecule has 1 aromatic rings. The molecular formula is C23H30O9. The van der Waals surface area contributed by atoms with Gasteiger partial charge in [-0.2, -0.15) is 0 Å². The van der Waals surface area contributed by atoms with E-state index in [1.54, 1.807) is 13.0 Å². The average molecular weight is 450 g/mol. The lowest BCUT2D eigenvalue weighted by Gasteiger charge is -2.45. The molecule has 0 saturated carbocycles. The van der Waals surface area contributed by atoms with Crippen LogP contribution in [-0.4, -0.2) is 61.3 Å². The number of hydrogen-bond acceptors (Lipinski definition) is 9. The van der Waals surface area contributed by atoms with Gasteiger partial charge in [0.2, 0.25) is 0 Å². The van der Waals surface area contributed by atoms with Gasteiger partial charge in [-0.15, -0.1) is 6.58 Å². The zero-order valence-corrected chi connectivity index (χ0v) is 18.7. The zero-order valence-electron chi connectivity index (χ0n) is 18.7. The van der Waals surface area contributed by atoms with E-state index in [9.17, 15) is 14.4 Å². The van der Waals surface area contributed by atoms with E-state index in [4.69, 9.17) is 28.4 Å². The molecule has 32 heavy (non-hydrogen) atoms. The topological polar surface area (TPSA) is 107 Å². The third kappa shape index (κ3) is 7.74. The molecule has 9 heteroatoms. The number of hydrogen-bond donors (Lipinski definition) is 0. The molecule has 1 aliphatic heterocycles. The van der Waals surface area contributed by atoms with Gasteiger partial charge in [-0.1, -0.05) is 36.4 Å². The van der Waals surface area contributed by atoms with Crippen LogP contribution in [-0.2, 0) is 49.4 Å². The summed E-state index contributed by atoms with van der Waals surface area (Å²) in [7, 11) is 0. The Balaban J connectivity index is 2.39. The second kappa shape index (κ2) is 12.3. The molecule has 0 aliphatic carbocycles. The molecule has 1 saturated heterocycles. The maximum absolute atomic E-state index is 11.9. The Bertz CT molecular complexity index is 779. The summed E-state index contributed by atoms with van der Waals surface area (Å²) in [6.07, 6.45) is -3.95. The Morgan fingerprint density at radius 2 is 1.62 bits per heavy atom. The van der Waals surface area contributed by atoms with Gasteiger partial charge in [-0.25, -0.2) is 0 Å². The first-order chi connectivity index (χ1) is 15.2. The summed E-state index contributed by atoms with van der Waals surface area (Å²) >= 11 is 0. The first-order valence-corrected chi connectivity index (χ1v) is 10.3. The van der Waals surface area contributed by atoms with E-state index in [1.165, 1.54) is 20.8 Å². The van der Waals surface area contributed by atoms with E-state index in [0.29, 0.717) is 0 Å². The zero-order chi connectivity index (χ0) is 23.7. The van der Waals surface area contributed by atoms with Crippen LogP contribution in [0.5, 0.6) is 0 Å². The molecule has 2 rings (SSSR count). The molecule has 0 radical (unpaired) electrons. The molecule has 9 nitrogen and oxygen atoms in total. The van der Waals surface area contributed by atoms with Gasteiger partial charge >= 0.3 is 17.9 Å². The number of carbonyl (C=O) groups excluding carboxylic acids is 3. The van der Waals surface area contributed by atoms with Crippen LogP contribution in [0.2, 0.25) is 0 Å². The molecule has 1 aliphatic rings. The summed E-state index contributed by atoms with van der Waals surface area (Å²) in [5.41, 5.74) is 0.857. The molecule has 1 unspecified atom stereocenters. The van der Waals surface area contributed by atoms with E-state index >= 15 is 0 Å². The van der Waals surface area contributed by atoms with E-state index in [1.807, 2.05) is 30.3 Å². The van der Waals surface area contributed by atoms with E-state index in [0.717, 1.165) is 5.56 Å². The first-order valence-electron chi connectivity index (χ1n) is 10.3. The number of esters is 3. The van der Waals surface area contributed by atoms with Crippen LogP contribution < -0.4 is 0 Å². The highest BCUT2D eigenvalue weighted by Gasteiger charge is 2.51. The van der Waals surface area contributed by atoms with Crippen LogP contribution in [0.1, 0.15) is 33.3 Å². The molecule has 1 fully saturated rings. The average Bonchev–Trinajstić information content (AvgIpc) is 2.73. The fraction of sp³-hybridized carbons (Fsp3) is 0.522. The van der Waals surface area contributed by atoms with Crippen LogP contribution in [0.3, 0.4) is 0 Å². The standard InChI is InChI=1S/C23H30O9/c1-6-14(2)29-23-22(31-17(5)26)21(28-12-18-10-8-7-9-11-18)20(30-16(4)25)19(32-23)13-27-15(3)24/h6-11,14,19-23H,1,12-13H2,2-5H3/t14?,19-,20-,21+,22-,23-/m1/s1. The maximum atomic E-state index is 11.9. The number of benzene rings is 1. The molecule has 0 aromatic heterocycles. The smallest absolute Gasteiger partial charge is 0.303 e. The fourth-order valence-electron chi connectivity index (χ4n) is 3.20. The third-order valence-corrected chi connectivity index (χ3v) is 4.61. The minimum Gasteiger partial charge on any atom is -0.463 e. The van der Waals surface area contributed by atoms with Crippen LogP contribution in [0.4, 0.5) is 0 Å². The van der Waals surface area contributed by atoms with Crippen molar-refractivity contribution in [3.8, 4) is 0 Å². The number of ether oxygens (including phenoxy) is 6. The van der Waals surface area contributed by atoms with Crippen LogP contribution in [0, 0.1) is 0 Å². The SMILES string of the molecule is C=CC(C)O[C@@H]1O[C@H](COC(C)=O)[C@@H](OC(C)=O)[C@H](OCc2ccccc2)[C@H]1OC(C)=O. The summed E-state index contributed by atoms with van der Waals surface area (Å²) in [5, 5.41) is 0. The van der Waals surface area contributed by atoms with Crippen molar-refractivity contribution in [2.24, 2.45) is 0 Å². The minimum atomic E-state index is -1.08. The Hall–Kier alpha value is -2.75. The van der Waals surface area contributed by atoms with Gasteiger partial charge < -0.3 is 28.4 Å². The Labute approximate surface area is 187 Å². The summed E-state index contributed by atoms with van der Waals surface area (Å²) in [6, 6.07) is 9.32. The van der Waals surface area contributed by atoms with Gasteiger partial charge in [0.25, 0.3) is 0 Å². The van der Waals surface area contributed by atoms with Crippen molar-refractivity contribution in [2.75, 3.05) is 6.61 Å². The van der Waals surface area contributed by atoms with Crippen molar-refractivity contribution in [1.82, 2.24) is 0 Å². The molecule has 0 bridgehead atoms. The molecule has 1 heterocycles. The van der Waals surface area contributed by atoms with Gasteiger partial charge in [-0.3, -0.25) is 14.4 Å². The third-order valence-electron chi connectivity index (χ3n) is 4.61. The summed E-state index contributed by atoms with van der Waals surface area (Å²) in [4.78, 5) is 35.1. The number of rotatable bonds is 10. The lowest BCUT2D eigenvalue weighted by Crippen LogP contribution is -2.62. The summed E-state index contributed by atoms with van der Waals surface area (Å²) < 4.78 is 34.0. The van der Waals surface area contributed by atoms with Crippen LogP contribution in [0.25, 0.3) is 0 Å². The molecule has 0 N–H and O–H groups in total. The van der Waals surface area contributed by atoms with E-state index in [-0.39, 0.29) is 13.2 Å². The van der Waals surface area contributed by atoms with Gasteiger partial charge in [0, 0.05) is 20.8 Å². The molecule has 6 atom stereocenters. The minimum absolute atomic E-state index is 0.144.